The number of amides is 2. The molecule has 5 rings (SSSR count). The molecule has 1 saturated heterocycles. The molecule has 43 heavy (non-hydrogen) atoms. The third-order valence-electron chi connectivity index (χ3n) is 8.01. The van der Waals surface area contributed by atoms with Crippen LogP contribution in [0.5, 0.6) is 11.5 Å². The minimum atomic E-state index is -1.37. The third kappa shape index (κ3) is 5.67. The highest BCUT2D eigenvalue weighted by atomic mass is 35.5. The van der Waals surface area contributed by atoms with Crippen LogP contribution in [0.4, 0.5) is 15.8 Å². The number of methoxy groups -OCH3 is 1. The number of carbonyl (C=O) groups excluding carboxylic acids is 2. The maximum Gasteiger partial charge on any atom is 0.242 e. The van der Waals surface area contributed by atoms with Gasteiger partial charge in [0.15, 0.2) is 0 Å². The first-order valence-electron chi connectivity index (χ1n) is 13.9. The summed E-state index contributed by atoms with van der Waals surface area (Å²) < 4.78 is 26.9. The molecule has 4 N–H and O–H groups in total. The van der Waals surface area contributed by atoms with Crippen LogP contribution in [0.15, 0.2) is 54.6 Å². The van der Waals surface area contributed by atoms with E-state index in [4.69, 9.17) is 37.8 Å². The molecule has 228 valence electrons. The number of halogens is 3. The van der Waals surface area contributed by atoms with E-state index < -0.39 is 35.1 Å². The van der Waals surface area contributed by atoms with Crippen molar-refractivity contribution in [1.29, 1.82) is 0 Å². The zero-order valence-corrected chi connectivity index (χ0v) is 25.8. The molecular formula is C32H34Cl2FN3O5. The van der Waals surface area contributed by atoms with Gasteiger partial charge in [-0.1, -0.05) is 62.2 Å². The Morgan fingerprint density at radius 1 is 1.14 bits per heavy atom. The predicted molar refractivity (Wildman–Crippen MR) is 165 cm³/mol. The first-order chi connectivity index (χ1) is 20.4. The van der Waals surface area contributed by atoms with E-state index in [0.29, 0.717) is 39.9 Å². The lowest BCUT2D eigenvalue weighted by Gasteiger charge is -2.37. The van der Waals surface area contributed by atoms with E-state index in [1.165, 1.54) is 13.2 Å². The summed E-state index contributed by atoms with van der Waals surface area (Å²) in [5.41, 5.74) is 0.0169. The van der Waals surface area contributed by atoms with Crippen LogP contribution in [0.25, 0.3) is 0 Å². The van der Waals surface area contributed by atoms with Crippen LogP contribution < -0.4 is 25.4 Å². The second-order valence-electron chi connectivity index (χ2n) is 12.0. The quantitative estimate of drug-likeness (QED) is 0.247. The van der Waals surface area contributed by atoms with Gasteiger partial charge < -0.3 is 30.5 Å². The summed E-state index contributed by atoms with van der Waals surface area (Å²) in [5, 5.41) is 18.8. The Balaban J connectivity index is 1.66. The Hall–Kier alpha value is -3.37. The Morgan fingerprint density at radius 3 is 2.60 bits per heavy atom. The third-order valence-corrected chi connectivity index (χ3v) is 8.54. The van der Waals surface area contributed by atoms with Gasteiger partial charge in [0.2, 0.25) is 11.8 Å². The number of carbonyl (C=O) groups is 2. The Labute approximate surface area is 259 Å². The van der Waals surface area contributed by atoms with Gasteiger partial charge in [0.05, 0.1) is 30.5 Å². The molecule has 1 fully saturated rings. The second-order valence-corrected chi connectivity index (χ2v) is 12.9. The summed E-state index contributed by atoms with van der Waals surface area (Å²) in [6.45, 7) is 6.08. The van der Waals surface area contributed by atoms with E-state index in [0.717, 1.165) is 0 Å². The van der Waals surface area contributed by atoms with E-state index in [2.05, 4.69) is 16.0 Å². The van der Waals surface area contributed by atoms with Gasteiger partial charge in [-0.3, -0.25) is 9.59 Å². The van der Waals surface area contributed by atoms with Gasteiger partial charge in [0, 0.05) is 28.7 Å². The Morgan fingerprint density at radius 2 is 1.91 bits per heavy atom. The Bertz CT molecular complexity index is 1560. The average molecular weight is 631 g/mol. The molecule has 2 amide bonds. The smallest absolute Gasteiger partial charge is 0.242 e. The van der Waals surface area contributed by atoms with Crippen LogP contribution >= 0.6 is 23.2 Å². The Kier molecular flexibility index (Phi) is 8.64. The number of hydrogen-bond donors (Lipinski definition) is 4. The number of hydrogen-bond acceptors (Lipinski definition) is 6. The molecule has 3 aromatic rings. The fourth-order valence-electron chi connectivity index (χ4n) is 6.39. The zero-order valence-electron chi connectivity index (χ0n) is 24.3. The second kappa shape index (κ2) is 12.0. The van der Waals surface area contributed by atoms with Gasteiger partial charge in [-0.2, -0.15) is 0 Å². The van der Waals surface area contributed by atoms with Crippen LogP contribution in [-0.4, -0.2) is 49.3 Å². The predicted octanol–water partition coefficient (Wildman–Crippen LogP) is 5.90. The van der Waals surface area contributed by atoms with E-state index in [9.17, 15) is 9.59 Å². The summed E-state index contributed by atoms with van der Waals surface area (Å²) in [7, 11) is 1.46. The minimum Gasteiger partial charge on any atom is -0.494 e. The maximum atomic E-state index is 16.0. The molecule has 0 saturated carbocycles. The van der Waals surface area contributed by atoms with Crippen molar-refractivity contribution in [3.05, 3.63) is 81.6 Å². The largest absolute Gasteiger partial charge is 0.494 e. The molecule has 2 aliphatic rings. The summed E-state index contributed by atoms with van der Waals surface area (Å²) in [6.07, 6.45) is 0.491. The van der Waals surface area contributed by atoms with Crippen LogP contribution in [0.1, 0.15) is 44.2 Å². The SMILES string of the molecule is COc1cc(OCCO)ccc1NC(=O)[C@@H]1N[C@H](CC(C)(C)C)[C@]2(C(=O)Nc3cc(Cl)ccc32)[C@H]1c1cccc(Cl)c1F. The number of aliphatic hydroxyl groups is 1. The van der Waals surface area contributed by atoms with Gasteiger partial charge >= 0.3 is 0 Å². The highest BCUT2D eigenvalue weighted by molar-refractivity contribution is 6.31. The van der Waals surface area contributed by atoms with Gasteiger partial charge in [-0.25, -0.2) is 4.39 Å². The van der Waals surface area contributed by atoms with Crippen molar-refractivity contribution in [2.45, 2.75) is 50.6 Å². The molecule has 0 unspecified atom stereocenters. The fraction of sp³-hybridized carbons (Fsp3) is 0.375. The average Bonchev–Trinajstić information content (AvgIpc) is 3.42. The molecule has 4 atom stereocenters. The molecule has 8 nitrogen and oxygen atoms in total. The van der Waals surface area contributed by atoms with Gasteiger partial charge in [0.25, 0.3) is 0 Å². The molecule has 0 radical (unpaired) electrons. The van der Waals surface area contributed by atoms with Crippen molar-refractivity contribution in [3.8, 4) is 11.5 Å². The molecule has 3 aromatic carbocycles. The molecule has 0 bridgehead atoms. The monoisotopic (exact) mass is 629 g/mol. The van der Waals surface area contributed by atoms with Crippen LogP contribution in [-0.2, 0) is 15.0 Å². The molecular weight excluding hydrogens is 596 g/mol. The van der Waals surface area contributed by atoms with Gasteiger partial charge in [-0.05, 0) is 53.3 Å². The maximum absolute atomic E-state index is 16.0. The number of ether oxygens (including phenoxy) is 2. The van der Waals surface area contributed by atoms with Crippen LogP contribution in [0, 0.1) is 11.2 Å². The minimum absolute atomic E-state index is 0.0970. The van der Waals surface area contributed by atoms with E-state index >= 15 is 4.39 Å². The normalized spacial score (nSPS) is 22.8. The number of fused-ring (bicyclic) bond motifs is 2. The molecule has 0 aromatic heterocycles. The molecule has 2 heterocycles. The first kappa shape index (κ1) is 31.1. The van der Waals surface area contributed by atoms with Crippen LogP contribution in [0.3, 0.4) is 0 Å². The lowest BCUT2D eigenvalue weighted by molar-refractivity contribution is -0.122. The zero-order chi connectivity index (χ0) is 31.1. The number of nitrogens with one attached hydrogen (secondary N) is 3. The number of anilines is 2. The van der Waals surface area contributed by atoms with E-state index in [1.807, 2.05) is 20.8 Å². The van der Waals surface area contributed by atoms with Gasteiger partial charge in [-0.15, -0.1) is 0 Å². The molecule has 11 heteroatoms. The van der Waals surface area contributed by atoms with Crippen molar-refractivity contribution in [2.75, 3.05) is 31.0 Å². The van der Waals surface area contributed by atoms with Crippen molar-refractivity contribution in [2.24, 2.45) is 5.41 Å². The number of aliphatic hydroxyl groups excluding tert-OH is 1. The number of rotatable bonds is 8. The number of benzene rings is 3. The summed E-state index contributed by atoms with van der Waals surface area (Å²) >= 11 is 12.6. The molecule has 0 aliphatic carbocycles. The van der Waals surface area contributed by atoms with Crippen molar-refractivity contribution >= 4 is 46.4 Å². The van der Waals surface area contributed by atoms with E-state index in [-0.39, 0.29) is 35.1 Å². The standard InChI is InChI=1S/C32H34Cl2FN3O5/c1-31(2,3)16-25-32(20-10-8-17(33)14-23(20)37-30(32)41)26(19-6-5-7-21(34)27(19)35)28(38-25)29(40)36-22-11-9-18(43-13-12-39)15-24(22)42-4/h5-11,14-15,25-26,28,38-39H,12-13,16H2,1-4H3,(H,36,40)(H,37,41)/t25-,26+,28-,32+/m1/s1. The van der Waals surface area contributed by atoms with E-state index in [1.54, 1.807) is 48.5 Å². The summed E-state index contributed by atoms with van der Waals surface area (Å²) in [5.74, 6) is -1.75. The highest BCUT2D eigenvalue weighted by Crippen LogP contribution is 2.57. The molecule has 1 spiro atoms. The van der Waals surface area contributed by atoms with Crippen molar-refractivity contribution in [3.63, 3.8) is 0 Å². The van der Waals surface area contributed by atoms with Crippen LogP contribution in [0.2, 0.25) is 10.0 Å². The van der Waals surface area contributed by atoms with Gasteiger partial charge in [0.1, 0.15) is 29.3 Å². The fourth-order valence-corrected chi connectivity index (χ4v) is 6.74. The summed E-state index contributed by atoms with van der Waals surface area (Å²) in [6, 6.07) is 13.0. The molecule has 2 aliphatic heterocycles. The van der Waals surface area contributed by atoms with Crippen molar-refractivity contribution < 1.29 is 28.6 Å². The highest BCUT2D eigenvalue weighted by Gasteiger charge is 2.66. The topological polar surface area (TPSA) is 109 Å². The van der Waals surface area contributed by atoms with Crippen molar-refractivity contribution in [1.82, 2.24) is 5.32 Å². The lowest BCUT2D eigenvalue weighted by atomic mass is 9.62. The lowest BCUT2D eigenvalue weighted by Crippen LogP contribution is -2.49. The first-order valence-corrected chi connectivity index (χ1v) is 14.7. The summed E-state index contributed by atoms with van der Waals surface area (Å²) in [4.78, 5) is 28.5.